The first-order valence-corrected chi connectivity index (χ1v) is 8.33. The summed E-state index contributed by atoms with van der Waals surface area (Å²) in [6.07, 6.45) is 2.23. The van der Waals surface area contributed by atoms with Crippen LogP contribution in [-0.4, -0.2) is 4.92 Å². The predicted molar refractivity (Wildman–Crippen MR) is 103 cm³/mol. The van der Waals surface area contributed by atoms with Crippen molar-refractivity contribution in [1.82, 2.24) is 0 Å². The zero-order valence-electron chi connectivity index (χ0n) is 14.3. The van der Waals surface area contributed by atoms with Crippen molar-refractivity contribution in [3.63, 3.8) is 0 Å². The Kier molecular flexibility index (Phi) is 5.44. The van der Waals surface area contributed by atoms with Gasteiger partial charge < -0.3 is 4.74 Å². The van der Waals surface area contributed by atoms with Gasteiger partial charge in [0.25, 0.3) is 5.69 Å². The molecule has 3 rings (SSSR count). The zero-order valence-corrected chi connectivity index (χ0v) is 14.3. The van der Waals surface area contributed by atoms with E-state index >= 15 is 0 Å². The number of nitro groups is 1. The first-order valence-electron chi connectivity index (χ1n) is 8.33. The van der Waals surface area contributed by atoms with Gasteiger partial charge >= 0.3 is 0 Å². The van der Waals surface area contributed by atoms with E-state index in [1.165, 1.54) is 17.7 Å². The van der Waals surface area contributed by atoms with Crippen LogP contribution < -0.4 is 4.74 Å². The van der Waals surface area contributed by atoms with E-state index in [-0.39, 0.29) is 5.69 Å². The number of ether oxygens (including phenoxy) is 1. The number of benzene rings is 3. The molecule has 0 aliphatic heterocycles. The molecule has 0 N–H and O–H groups in total. The highest BCUT2D eigenvalue weighted by atomic mass is 16.6. The van der Waals surface area contributed by atoms with E-state index in [1.807, 2.05) is 30.3 Å². The maximum absolute atomic E-state index is 10.9. The highest BCUT2D eigenvalue weighted by Crippen LogP contribution is 2.26. The van der Waals surface area contributed by atoms with Gasteiger partial charge in [-0.1, -0.05) is 60.7 Å². The lowest BCUT2D eigenvalue weighted by molar-refractivity contribution is -0.384. The van der Waals surface area contributed by atoms with Crippen LogP contribution in [0.5, 0.6) is 5.75 Å². The quantitative estimate of drug-likeness (QED) is 0.319. The number of nitro benzene ring substituents is 1. The first-order chi connectivity index (χ1) is 12.7. The minimum Gasteiger partial charge on any atom is -0.489 e. The molecule has 0 aromatic heterocycles. The van der Waals surface area contributed by atoms with Crippen molar-refractivity contribution in [2.75, 3.05) is 0 Å². The lowest BCUT2D eigenvalue weighted by Crippen LogP contribution is -1.99. The van der Waals surface area contributed by atoms with Crippen molar-refractivity contribution >= 4 is 5.69 Å². The second kappa shape index (κ2) is 8.12. The van der Waals surface area contributed by atoms with Gasteiger partial charge in [0.1, 0.15) is 12.4 Å². The molecule has 0 amide bonds. The molecule has 0 radical (unpaired) electrons. The minimum atomic E-state index is -0.404. The summed E-state index contributed by atoms with van der Waals surface area (Å²) < 4.78 is 5.89. The van der Waals surface area contributed by atoms with Crippen molar-refractivity contribution in [2.24, 2.45) is 0 Å². The van der Waals surface area contributed by atoms with Gasteiger partial charge in [-0.15, -0.1) is 6.58 Å². The molecule has 0 spiro atoms. The highest BCUT2D eigenvalue weighted by Gasteiger charge is 2.11. The molecule has 0 fully saturated rings. The van der Waals surface area contributed by atoms with E-state index in [1.54, 1.807) is 12.1 Å². The molecular formula is C22H19NO3. The van der Waals surface area contributed by atoms with Crippen LogP contribution in [0.15, 0.2) is 85.5 Å². The minimum absolute atomic E-state index is 0.0569. The molecule has 0 heterocycles. The van der Waals surface area contributed by atoms with Crippen LogP contribution in [0.25, 0.3) is 11.1 Å². The molecule has 0 bridgehead atoms. The molecule has 3 aromatic carbocycles. The van der Waals surface area contributed by atoms with Crippen LogP contribution in [0.1, 0.15) is 11.1 Å². The molecule has 130 valence electrons. The molecule has 0 aliphatic carbocycles. The molecule has 26 heavy (non-hydrogen) atoms. The molecular weight excluding hydrogens is 326 g/mol. The van der Waals surface area contributed by atoms with E-state index in [2.05, 4.69) is 30.8 Å². The third kappa shape index (κ3) is 4.16. The lowest BCUT2D eigenvalue weighted by Gasteiger charge is -2.11. The normalized spacial score (nSPS) is 10.3. The summed E-state index contributed by atoms with van der Waals surface area (Å²) in [7, 11) is 0. The summed E-state index contributed by atoms with van der Waals surface area (Å²) in [5.41, 5.74) is 4.17. The Morgan fingerprint density at radius 3 is 2.31 bits per heavy atom. The molecule has 0 saturated heterocycles. The summed E-state index contributed by atoms with van der Waals surface area (Å²) in [5, 5.41) is 10.9. The summed E-state index contributed by atoms with van der Waals surface area (Å²) in [5.74, 6) is 0.641. The molecule has 4 heteroatoms. The fourth-order valence-corrected chi connectivity index (χ4v) is 2.72. The molecule has 0 unspecified atom stereocenters. The SMILES string of the molecule is C=CCc1cc([N+](=O)[O-])ccc1OCc1ccc(-c2ccccc2)cc1. The number of allylic oxidation sites excluding steroid dienone is 1. The fourth-order valence-electron chi connectivity index (χ4n) is 2.72. The maximum atomic E-state index is 10.9. The Morgan fingerprint density at radius 2 is 1.65 bits per heavy atom. The third-order valence-corrected chi connectivity index (χ3v) is 4.07. The smallest absolute Gasteiger partial charge is 0.269 e. The van der Waals surface area contributed by atoms with E-state index in [4.69, 9.17) is 4.74 Å². The van der Waals surface area contributed by atoms with Crippen LogP contribution in [0.3, 0.4) is 0 Å². The largest absolute Gasteiger partial charge is 0.489 e. The highest BCUT2D eigenvalue weighted by molar-refractivity contribution is 5.63. The molecule has 0 saturated carbocycles. The summed E-state index contributed by atoms with van der Waals surface area (Å²) >= 11 is 0. The van der Waals surface area contributed by atoms with Crippen LogP contribution in [0.4, 0.5) is 5.69 Å². The van der Waals surface area contributed by atoms with Crippen molar-refractivity contribution < 1.29 is 9.66 Å². The van der Waals surface area contributed by atoms with Gasteiger partial charge in [-0.3, -0.25) is 10.1 Å². The maximum Gasteiger partial charge on any atom is 0.269 e. The van der Waals surface area contributed by atoms with Crippen molar-refractivity contribution in [2.45, 2.75) is 13.0 Å². The fraction of sp³-hybridized carbons (Fsp3) is 0.0909. The Labute approximate surface area is 152 Å². The van der Waals surface area contributed by atoms with Crippen LogP contribution in [-0.2, 0) is 13.0 Å². The Bertz CT molecular complexity index is 902. The molecule has 0 aliphatic rings. The Balaban J connectivity index is 1.72. The van der Waals surface area contributed by atoms with Gasteiger partial charge in [-0.05, 0) is 29.2 Å². The number of non-ortho nitro benzene ring substituents is 1. The number of hydrogen-bond donors (Lipinski definition) is 0. The average molecular weight is 345 g/mol. The molecule has 3 aromatic rings. The van der Waals surface area contributed by atoms with E-state index in [0.717, 1.165) is 16.7 Å². The van der Waals surface area contributed by atoms with Gasteiger partial charge in [0, 0.05) is 17.7 Å². The second-order valence-electron chi connectivity index (χ2n) is 5.89. The topological polar surface area (TPSA) is 52.4 Å². The van der Waals surface area contributed by atoms with E-state index in [0.29, 0.717) is 18.8 Å². The summed E-state index contributed by atoms with van der Waals surface area (Å²) in [4.78, 5) is 10.5. The van der Waals surface area contributed by atoms with Crippen molar-refractivity contribution in [3.05, 3.63) is 107 Å². The van der Waals surface area contributed by atoms with Gasteiger partial charge in [0.05, 0.1) is 4.92 Å². The second-order valence-corrected chi connectivity index (χ2v) is 5.89. The van der Waals surface area contributed by atoms with Gasteiger partial charge in [-0.25, -0.2) is 0 Å². The Hall–Kier alpha value is -3.40. The van der Waals surface area contributed by atoms with E-state index in [9.17, 15) is 10.1 Å². The number of nitrogens with zero attached hydrogens (tertiary/aromatic N) is 1. The van der Waals surface area contributed by atoms with Crippen LogP contribution in [0.2, 0.25) is 0 Å². The standard InChI is InChI=1S/C22H19NO3/c1-2-6-20-15-21(23(24)25)13-14-22(20)26-16-17-9-11-19(12-10-17)18-7-4-3-5-8-18/h2-5,7-15H,1,6,16H2. The predicted octanol–water partition coefficient (Wildman–Crippen LogP) is 5.57. The van der Waals surface area contributed by atoms with Crippen molar-refractivity contribution in [1.29, 1.82) is 0 Å². The van der Waals surface area contributed by atoms with Gasteiger partial charge in [0.15, 0.2) is 0 Å². The number of hydrogen-bond acceptors (Lipinski definition) is 3. The van der Waals surface area contributed by atoms with Gasteiger partial charge in [-0.2, -0.15) is 0 Å². The monoisotopic (exact) mass is 345 g/mol. The van der Waals surface area contributed by atoms with E-state index < -0.39 is 4.92 Å². The van der Waals surface area contributed by atoms with Gasteiger partial charge in [0.2, 0.25) is 0 Å². The third-order valence-electron chi connectivity index (χ3n) is 4.07. The Morgan fingerprint density at radius 1 is 0.962 bits per heavy atom. The van der Waals surface area contributed by atoms with Crippen LogP contribution >= 0.6 is 0 Å². The van der Waals surface area contributed by atoms with Crippen molar-refractivity contribution in [3.8, 4) is 16.9 Å². The summed E-state index contributed by atoms with van der Waals surface area (Å²) in [6, 6.07) is 23.0. The lowest BCUT2D eigenvalue weighted by atomic mass is 10.0. The summed E-state index contributed by atoms with van der Waals surface area (Å²) in [6.45, 7) is 4.10. The van der Waals surface area contributed by atoms with Crippen LogP contribution in [0, 0.1) is 10.1 Å². The average Bonchev–Trinajstić information content (AvgIpc) is 2.68. The first kappa shape index (κ1) is 17.4. The number of rotatable bonds is 7. The zero-order chi connectivity index (χ0) is 18.4. The molecule has 0 atom stereocenters. The molecule has 4 nitrogen and oxygen atoms in total.